The Morgan fingerprint density at radius 2 is 1.88 bits per heavy atom. The van der Waals surface area contributed by atoms with Crippen molar-refractivity contribution in [3.8, 4) is 11.5 Å². The highest BCUT2D eigenvalue weighted by Gasteiger charge is 2.08. The molecule has 0 saturated carbocycles. The Balaban J connectivity index is 2.02. The third-order valence-corrected chi connectivity index (χ3v) is 3.80. The van der Waals surface area contributed by atoms with Crippen LogP contribution in [0.2, 0.25) is 0 Å². The molecule has 2 aromatic carbocycles. The van der Waals surface area contributed by atoms with Gasteiger partial charge in [0.15, 0.2) is 0 Å². The largest absolute Gasteiger partial charge is 0.457 e. The van der Waals surface area contributed by atoms with E-state index in [2.05, 4.69) is 5.32 Å². The molecule has 136 valence electrons. The van der Waals surface area contributed by atoms with Gasteiger partial charge in [0.1, 0.15) is 11.5 Å². The Morgan fingerprint density at radius 1 is 1.15 bits per heavy atom. The molecule has 0 unspecified atom stereocenters. The molecule has 1 amide bonds. The lowest BCUT2D eigenvalue weighted by molar-refractivity contribution is -0.117. The third kappa shape index (κ3) is 5.81. The number of ether oxygens (including phenoxy) is 1. The molecule has 2 rings (SSSR count). The van der Waals surface area contributed by atoms with Gasteiger partial charge in [-0.3, -0.25) is 4.79 Å². The van der Waals surface area contributed by atoms with Crippen LogP contribution in [0.15, 0.2) is 72.0 Å². The summed E-state index contributed by atoms with van der Waals surface area (Å²) < 4.78 is 5.87. The highest BCUT2D eigenvalue weighted by Crippen LogP contribution is 2.22. The van der Waals surface area contributed by atoms with Gasteiger partial charge in [0.2, 0.25) is 0 Å². The first kappa shape index (κ1) is 19.3. The molecule has 2 aromatic rings. The summed E-state index contributed by atoms with van der Waals surface area (Å²) in [5.74, 6) is 1.34. The number of aryl methyl sites for hydroxylation is 1. The van der Waals surface area contributed by atoms with Crippen molar-refractivity contribution in [2.75, 3.05) is 0 Å². The Hall–Kier alpha value is -3.01. The van der Waals surface area contributed by atoms with Gasteiger partial charge in [-0.25, -0.2) is 0 Å². The first-order valence-corrected chi connectivity index (χ1v) is 8.74. The van der Waals surface area contributed by atoms with Gasteiger partial charge < -0.3 is 15.8 Å². The molecule has 0 atom stereocenters. The van der Waals surface area contributed by atoms with Crippen LogP contribution in [0.3, 0.4) is 0 Å². The Bertz CT molecular complexity index is 801. The van der Waals surface area contributed by atoms with E-state index in [-0.39, 0.29) is 5.91 Å². The fourth-order valence-corrected chi connectivity index (χ4v) is 2.36. The summed E-state index contributed by atoms with van der Waals surface area (Å²) >= 11 is 0. The molecule has 0 bridgehead atoms. The van der Waals surface area contributed by atoms with Crippen molar-refractivity contribution < 1.29 is 9.53 Å². The van der Waals surface area contributed by atoms with E-state index in [0.717, 1.165) is 23.5 Å². The number of nitrogens with two attached hydrogens (primary N) is 1. The normalized spacial score (nSPS) is 12.0. The molecule has 4 heteroatoms. The minimum Gasteiger partial charge on any atom is -0.457 e. The number of nitrogens with one attached hydrogen (secondary N) is 1. The Kier molecular flexibility index (Phi) is 7.03. The zero-order valence-corrected chi connectivity index (χ0v) is 15.6. The average molecular weight is 350 g/mol. The SMILES string of the molecule is CC/C=C\C(C(=O)NCc1cccc(Oc2ccc(C)cc2)c1)=C(/C)N. The second-order valence-electron chi connectivity index (χ2n) is 6.15. The molecular weight excluding hydrogens is 324 g/mol. The smallest absolute Gasteiger partial charge is 0.253 e. The van der Waals surface area contributed by atoms with E-state index in [1.807, 2.05) is 68.5 Å². The first-order valence-electron chi connectivity index (χ1n) is 8.74. The van der Waals surface area contributed by atoms with Crippen LogP contribution in [0, 0.1) is 6.92 Å². The molecule has 0 heterocycles. The minimum absolute atomic E-state index is 0.181. The van der Waals surface area contributed by atoms with Crippen LogP contribution in [0.1, 0.15) is 31.4 Å². The van der Waals surface area contributed by atoms with E-state index in [9.17, 15) is 4.79 Å². The Morgan fingerprint density at radius 3 is 2.54 bits per heavy atom. The first-order chi connectivity index (χ1) is 12.5. The summed E-state index contributed by atoms with van der Waals surface area (Å²) in [4.78, 5) is 12.3. The maximum absolute atomic E-state index is 12.3. The quantitative estimate of drug-likeness (QED) is 0.566. The summed E-state index contributed by atoms with van der Waals surface area (Å²) in [6, 6.07) is 15.6. The molecule has 0 aliphatic rings. The number of rotatable bonds is 7. The maximum Gasteiger partial charge on any atom is 0.253 e. The van der Waals surface area contributed by atoms with Crippen molar-refractivity contribution in [2.45, 2.75) is 33.7 Å². The van der Waals surface area contributed by atoms with Crippen molar-refractivity contribution >= 4 is 5.91 Å². The molecule has 0 aliphatic heterocycles. The maximum atomic E-state index is 12.3. The molecule has 4 nitrogen and oxygen atoms in total. The van der Waals surface area contributed by atoms with Gasteiger partial charge >= 0.3 is 0 Å². The van der Waals surface area contributed by atoms with Crippen molar-refractivity contribution in [2.24, 2.45) is 5.73 Å². The van der Waals surface area contributed by atoms with Crippen molar-refractivity contribution in [1.29, 1.82) is 0 Å². The van der Waals surface area contributed by atoms with Gasteiger partial charge in [0.05, 0.1) is 5.57 Å². The highest BCUT2D eigenvalue weighted by atomic mass is 16.5. The van der Waals surface area contributed by atoms with Crippen molar-refractivity contribution in [1.82, 2.24) is 5.32 Å². The molecule has 0 aromatic heterocycles. The number of allylic oxidation sites excluding steroid dienone is 2. The van der Waals surface area contributed by atoms with Gasteiger partial charge in [-0.2, -0.15) is 0 Å². The topological polar surface area (TPSA) is 64.3 Å². The lowest BCUT2D eigenvalue weighted by Crippen LogP contribution is -2.25. The number of amides is 1. The number of carbonyl (C=O) groups excluding carboxylic acids is 1. The molecule has 0 radical (unpaired) electrons. The zero-order chi connectivity index (χ0) is 18.9. The van der Waals surface area contributed by atoms with Crippen LogP contribution in [0.5, 0.6) is 11.5 Å². The lowest BCUT2D eigenvalue weighted by Gasteiger charge is -2.10. The Labute approximate surface area is 155 Å². The summed E-state index contributed by atoms with van der Waals surface area (Å²) in [5, 5.41) is 2.90. The van der Waals surface area contributed by atoms with E-state index < -0.39 is 0 Å². The molecule has 3 N–H and O–H groups in total. The van der Waals surface area contributed by atoms with Crippen LogP contribution in [-0.4, -0.2) is 5.91 Å². The highest BCUT2D eigenvalue weighted by molar-refractivity contribution is 5.96. The van der Waals surface area contributed by atoms with Crippen LogP contribution >= 0.6 is 0 Å². The number of hydrogen-bond acceptors (Lipinski definition) is 3. The van der Waals surface area contributed by atoms with E-state index >= 15 is 0 Å². The van der Waals surface area contributed by atoms with Crippen LogP contribution in [0.4, 0.5) is 0 Å². The molecular formula is C22H26N2O2. The van der Waals surface area contributed by atoms with Gasteiger partial charge in [-0.05, 0) is 50.1 Å². The monoisotopic (exact) mass is 350 g/mol. The minimum atomic E-state index is -0.181. The van der Waals surface area contributed by atoms with Crippen LogP contribution in [-0.2, 0) is 11.3 Å². The van der Waals surface area contributed by atoms with Gasteiger partial charge in [-0.15, -0.1) is 0 Å². The van der Waals surface area contributed by atoms with E-state index in [4.69, 9.17) is 10.5 Å². The summed E-state index contributed by atoms with van der Waals surface area (Å²) in [6.45, 7) is 6.18. The molecule has 0 spiro atoms. The second-order valence-corrected chi connectivity index (χ2v) is 6.15. The number of benzene rings is 2. The lowest BCUT2D eigenvalue weighted by atomic mass is 10.1. The number of hydrogen-bond donors (Lipinski definition) is 2. The predicted octanol–water partition coefficient (Wildman–Crippen LogP) is 4.60. The van der Waals surface area contributed by atoms with E-state index in [1.54, 1.807) is 13.0 Å². The van der Waals surface area contributed by atoms with Crippen molar-refractivity contribution in [3.63, 3.8) is 0 Å². The van der Waals surface area contributed by atoms with Gasteiger partial charge in [0, 0.05) is 12.2 Å². The number of carbonyl (C=O) groups is 1. The van der Waals surface area contributed by atoms with E-state index in [1.165, 1.54) is 5.56 Å². The fourth-order valence-electron chi connectivity index (χ4n) is 2.36. The predicted molar refractivity (Wildman–Crippen MR) is 106 cm³/mol. The summed E-state index contributed by atoms with van der Waals surface area (Å²) in [7, 11) is 0. The molecule has 0 aliphatic carbocycles. The summed E-state index contributed by atoms with van der Waals surface area (Å²) in [5.41, 5.74) is 8.96. The molecule has 0 saturated heterocycles. The van der Waals surface area contributed by atoms with Crippen LogP contribution in [0.25, 0.3) is 0 Å². The standard InChI is InChI=1S/C22H26N2O2/c1-4-5-9-21(17(3)23)22(25)24-15-18-7-6-8-20(14-18)26-19-12-10-16(2)11-13-19/h5-14H,4,15,23H2,1-3H3,(H,24,25)/b9-5-,21-17-. The molecule has 0 fully saturated rings. The van der Waals surface area contributed by atoms with Crippen molar-refractivity contribution in [3.05, 3.63) is 83.1 Å². The molecule has 26 heavy (non-hydrogen) atoms. The van der Waals surface area contributed by atoms with Gasteiger partial charge in [0.25, 0.3) is 5.91 Å². The summed E-state index contributed by atoms with van der Waals surface area (Å²) in [6.07, 6.45) is 4.53. The van der Waals surface area contributed by atoms with Crippen LogP contribution < -0.4 is 15.8 Å². The average Bonchev–Trinajstić information content (AvgIpc) is 2.62. The zero-order valence-electron chi connectivity index (χ0n) is 15.6. The van der Waals surface area contributed by atoms with E-state index in [0.29, 0.717) is 17.8 Å². The second kappa shape index (κ2) is 9.47. The van der Waals surface area contributed by atoms with Gasteiger partial charge in [-0.1, -0.05) is 48.9 Å². The third-order valence-electron chi connectivity index (χ3n) is 3.80. The fraction of sp³-hybridized carbons (Fsp3) is 0.227.